The maximum absolute atomic E-state index is 12.3. The number of hydrogen-bond donors (Lipinski definition) is 0. The van der Waals surface area contributed by atoms with Gasteiger partial charge in [0.25, 0.3) is 0 Å². The highest BCUT2D eigenvalue weighted by molar-refractivity contribution is 5.90. The number of carbonyl (C=O) groups is 1. The van der Waals surface area contributed by atoms with E-state index in [1.807, 2.05) is 6.92 Å². The highest BCUT2D eigenvalue weighted by Gasteiger charge is 2.26. The molecule has 0 spiro atoms. The van der Waals surface area contributed by atoms with Crippen molar-refractivity contribution in [3.05, 3.63) is 17.5 Å². The molecule has 2 fully saturated rings. The highest BCUT2D eigenvalue weighted by Crippen LogP contribution is 2.20. The number of anilines is 1. The fourth-order valence-electron chi connectivity index (χ4n) is 3.60. The van der Waals surface area contributed by atoms with Gasteiger partial charge in [0.15, 0.2) is 0 Å². The van der Waals surface area contributed by atoms with E-state index < -0.39 is 0 Å². The second kappa shape index (κ2) is 8.10. The maximum atomic E-state index is 12.3. The number of nitrogens with zero attached hydrogens (tertiary/aromatic N) is 4. The van der Waals surface area contributed by atoms with Gasteiger partial charge < -0.3 is 14.4 Å². The Balaban J connectivity index is 1.84. The zero-order valence-corrected chi connectivity index (χ0v) is 15.4. The fraction of sp³-hybridized carbons (Fsp3) is 0.722. The summed E-state index contributed by atoms with van der Waals surface area (Å²) in [6, 6.07) is 0. The van der Waals surface area contributed by atoms with Gasteiger partial charge >= 0.3 is 5.97 Å². The van der Waals surface area contributed by atoms with E-state index in [9.17, 15) is 4.79 Å². The molecule has 1 aromatic rings. The van der Waals surface area contributed by atoms with E-state index in [-0.39, 0.29) is 18.2 Å². The Bertz CT molecular complexity index is 594. The zero-order chi connectivity index (χ0) is 17.8. The summed E-state index contributed by atoms with van der Waals surface area (Å²) in [5.41, 5.74) is 1.22. The molecule has 0 aliphatic carbocycles. The molecule has 0 amide bonds. The summed E-state index contributed by atoms with van der Waals surface area (Å²) >= 11 is 0. The smallest absolute Gasteiger partial charge is 0.341 e. The summed E-state index contributed by atoms with van der Waals surface area (Å²) in [6.45, 7) is 10.5. The van der Waals surface area contributed by atoms with Gasteiger partial charge in [-0.1, -0.05) is 0 Å². The predicted octanol–water partition coefficient (Wildman–Crippen LogP) is 1.86. The van der Waals surface area contributed by atoms with Gasteiger partial charge in [-0.2, -0.15) is 0 Å². The number of hydrogen-bond acceptors (Lipinski definition) is 7. The number of ether oxygens (including phenoxy) is 2. The summed E-state index contributed by atoms with van der Waals surface area (Å²) in [4.78, 5) is 25.9. The summed E-state index contributed by atoms with van der Waals surface area (Å²) in [7, 11) is 0. The van der Waals surface area contributed by atoms with E-state index in [1.165, 1.54) is 0 Å². The zero-order valence-electron chi connectivity index (χ0n) is 15.4. The minimum atomic E-state index is -0.347. The van der Waals surface area contributed by atoms with Crippen molar-refractivity contribution in [2.75, 3.05) is 37.7 Å². The van der Waals surface area contributed by atoms with Crippen LogP contribution in [0.15, 0.2) is 6.20 Å². The van der Waals surface area contributed by atoms with Crippen LogP contribution in [0.2, 0.25) is 0 Å². The quantitative estimate of drug-likeness (QED) is 0.752. The van der Waals surface area contributed by atoms with Crippen LogP contribution in [-0.4, -0.2) is 65.8 Å². The lowest BCUT2D eigenvalue weighted by molar-refractivity contribution is -0.0708. The van der Waals surface area contributed by atoms with Crippen molar-refractivity contribution >= 4 is 11.9 Å². The SMILES string of the molecule is CCOC(=O)c1cnc(N2CCCC2)nc1CN1C[C@H](C)O[C@@H](C)C1. The van der Waals surface area contributed by atoms with Crippen molar-refractivity contribution in [1.29, 1.82) is 0 Å². The molecular weight excluding hydrogens is 320 g/mol. The molecule has 0 radical (unpaired) electrons. The van der Waals surface area contributed by atoms with Gasteiger partial charge in [-0.3, -0.25) is 4.90 Å². The van der Waals surface area contributed by atoms with Gasteiger partial charge in [-0.15, -0.1) is 0 Å². The summed E-state index contributed by atoms with van der Waals surface area (Å²) < 4.78 is 11.0. The lowest BCUT2D eigenvalue weighted by Crippen LogP contribution is -2.45. The Morgan fingerprint density at radius 2 is 1.96 bits per heavy atom. The Morgan fingerprint density at radius 3 is 2.60 bits per heavy atom. The topological polar surface area (TPSA) is 67.8 Å². The van der Waals surface area contributed by atoms with Crippen molar-refractivity contribution in [2.45, 2.75) is 52.4 Å². The number of aromatic nitrogens is 2. The van der Waals surface area contributed by atoms with E-state index in [1.54, 1.807) is 6.20 Å². The molecule has 0 N–H and O–H groups in total. The molecule has 138 valence electrons. The molecule has 3 rings (SSSR count). The van der Waals surface area contributed by atoms with E-state index in [0.29, 0.717) is 18.7 Å². The Kier molecular flexibility index (Phi) is 5.86. The Labute approximate surface area is 149 Å². The van der Waals surface area contributed by atoms with Gasteiger partial charge in [0.2, 0.25) is 5.95 Å². The molecule has 0 bridgehead atoms. The largest absolute Gasteiger partial charge is 0.462 e. The summed E-state index contributed by atoms with van der Waals surface area (Å²) in [5.74, 6) is 0.370. The first-order valence-electron chi connectivity index (χ1n) is 9.22. The average Bonchev–Trinajstić information content (AvgIpc) is 3.08. The molecule has 3 heterocycles. The standard InChI is InChI=1S/C18H28N4O3/c1-4-24-17(23)15-9-19-18(22-7-5-6-8-22)20-16(15)12-21-10-13(2)25-14(3)11-21/h9,13-14H,4-8,10-12H2,1-3H3/t13-,14-/m0/s1. The molecule has 2 aliphatic rings. The van der Waals surface area contributed by atoms with Crippen LogP contribution < -0.4 is 4.90 Å². The predicted molar refractivity (Wildman–Crippen MR) is 94.7 cm³/mol. The van der Waals surface area contributed by atoms with Gasteiger partial charge in [0.05, 0.1) is 24.5 Å². The molecule has 2 saturated heterocycles. The van der Waals surface area contributed by atoms with Gasteiger partial charge in [-0.25, -0.2) is 14.8 Å². The van der Waals surface area contributed by atoms with Crippen molar-refractivity contribution in [2.24, 2.45) is 0 Å². The molecule has 0 saturated carbocycles. The first kappa shape index (κ1) is 18.1. The van der Waals surface area contributed by atoms with Crippen molar-refractivity contribution in [1.82, 2.24) is 14.9 Å². The maximum Gasteiger partial charge on any atom is 0.341 e. The van der Waals surface area contributed by atoms with E-state index in [2.05, 4.69) is 28.6 Å². The Morgan fingerprint density at radius 1 is 1.28 bits per heavy atom. The normalized spacial score (nSPS) is 24.5. The summed E-state index contributed by atoms with van der Waals surface area (Å²) in [6.07, 6.45) is 4.30. The van der Waals surface area contributed by atoms with Crippen molar-refractivity contribution < 1.29 is 14.3 Å². The minimum Gasteiger partial charge on any atom is -0.462 e. The van der Waals surface area contributed by atoms with Gasteiger partial charge in [0, 0.05) is 38.9 Å². The number of carbonyl (C=O) groups excluding carboxylic acids is 1. The van der Waals surface area contributed by atoms with Crippen molar-refractivity contribution in [3.8, 4) is 0 Å². The van der Waals surface area contributed by atoms with E-state index >= 15 is 0 Å². The van der Waals surface area contributed by atoms with Gasteiger partial charge in [-0.05, 0) is 33.6 Å². The second-order valence-corrected chi connectivity index (χ2v) is 6.90. The average molecular weight is 348 g/mol. The number of morpholine rings is 1. The summed E-state index contributed by atoms with van der Waals surface area (Å²) in [5, 5.41) is 0. The van der Waals surface area contributed by atoms with Crippen LogP contribution in [0, 0.1) is 0 Å². The monoisotopic (exact) mass is 348 g/mol. The third-order valence-electron chi connectivity index (χ3n) is 4.61. The lowest BCUT2D eigenvalue weighted by Gasteiger charge is -2.35. The lowest BCUT2D eigenvalue weighted by atomic mass is 10.1. The first-order valence-corrected chi connectivity index (χ1v) is 9.22. The third kappa shape index (κ3) is 4.46. The highest BCUT2D eigenvalue weighted by atomic mass is 16.5. The first-order chi connectivity index (χ1) is 12.1. The molecule has 1 aromatic heterocycles. The number of esters is 1. The molecule has 7 nitrogen and oxygen atoms in total. The van der Waals surface area contributed by atoms with E-state index in [4.69, 9.17) is 14.5 Å². The van der Waals surface area contributed by atoms with Crippen LogP contribution in [0.4, 0.5) is 5.95 Å². The third-order valence-corrected chi connectivity index (χ3v) is 4.61. The van der Waals surface area contributed by atoms with Crippen LogP contribution in [-0.2, 0) is 16.0 Å². The fourth-order valence-corrected chi connectivity index (χ4v) is 3.60. The molecule has 2 aliphatic heterocycles. The van der Waals surface area contributed by atoms with Gasteiger partial charge in [0.1, 0.15) is 5.56 Å². The Hall–Kier alpha value is -1.73. The molecule has 25 heavy (non-hydrogen) atoms. The minimum absolute atomic E-state index is 0.176. The number of rotatable bonds is 5. The molecule has 0 aromatic carbocycles. The van der Waals surface area contributed by atoms with Crippen LogP contribution in [0.5, 0.6) is 0 Å². The van der Waals surface area contributed by atoms with Crippen LogP contribution in [0.3, 0.4) is 0 Å². The van der Waals surface area contributed by atoms with E-state index in [0.717, 1.165) is 50.7 Å². The molecule has 2 atom stereocenters. The van der Waals surface area contributed by atoms with Crippen LogP contribution >= 0.6 is 0 Å². The van der Waals surface area contributed by atoms with Crippen molar-refractivity contribution in [3.63, 3.8) is 0 Å². The molecular formula is C18H28N4O3. The molecule has 7 heteroatoms. The second-order valence-electron chi connectivity index (χ2n) is 6.90. The van der Waals surface area contributed by atoms with Crippen LogP contribution in [0.1, 0.15) is 49.7 Å². The van der Waals surface area contributed by atoms with Crippen LogP contribution in [0.25, 0.3) is 0 Å². The molecule has 0 unspecified atom stereocenters.